The van der Waals surface area contributed by atoms with E-state index in [1.54, 1.807) is 11.3 Å². The molecule has 0 unspecified atom stereocenters. The molecule has 4 rings (SSSR count). The summed E-state index contributed by atoms with van der Waals surface area (Å²) in [6, 6.07) is 6.94. The number of hydrogen-bond acceptors (Lipinski definition) is 5. The maximum Gasteiger partial charge on any atom is 0.122 e. The van der Waals surface area contributed by atoms with E-state index in [0.717, 1.165) is 57.2 Å². The maximum atomic E-state index is 5.70. The van der Waals surface area contributed by atoms with E-state index in [4.69, 9.17) is 9.47 Å². The number of fused-ring (bicyclic) bond motifs is 1. The molecule has 4 nitrogen and oxygen atoms in total. The van der Waals surface area contributed by atoms with Crippen LogP contribution < -0.4 is 4.74 Å². The van der Waals surface area contributed by atoms with Gasteiger partial charge < -0.3 is 9.47 Å². The Kier molecular flexibility index (Phi) is 4.33. The first-order chi connectivity index (χ1) is 11.3. The van der Waals surface area contributed by atoms with Crippen LogP contribution in [0.4, 0.5) is 0 Å². The van der Waals surface area contributed by atoms with Gasteiger partial charge in [0.05, 0.1) is 25.9 Å². The number of nitrogens with zero attached hydrogens (tertiary/aromatic N) is 2. The molecule has 0 spiro atoms. The monoisotopic (exact) mass is 330 g/mol. The van der Waals surface area contributed by atoms with Crippen molar-refractivity contribution in [2.45, 2.75) is 25.8 Å². The Labute approximate surface area is 141 Å². The molecular weight excluding hydrogens is 308 g/mol. The third-order valence-electron chi connectivity index (χ3n) is 4.60. The molecule has 3 heterocycles. The third-order valence-corrected chi connectivity index (χ3v) is 5.67. The molecule has 122 valence electrons. The fourth-order valence-corrected chi connectivity index (χ4v) is 4.24. The number of aromatic nitrogens is 1. The van der Waals surface area contributed by atoms with Gasteiger partial charge in [0.15, 0.2) is 0 Å². The highest BCUT2D eigenvalue weighted by Gasteiger charge is 2.26. The Morgan fingerprint density at radius 2 is 2.30 bits per heavy atom. The topological polar surface area (TPSA) is 34.6 Å². The zero-order valence-electron chi connectivity index (χ0n) is 13.5. The van der Waals surface area contributed by atoms with Crippen LogP contribution in [0.1, 0.15) is 27.9 Å². The molecule has 0 N–H and O–H groups in total. The molecule has 1 saturated heterocycles. The van der Waals surface area contributed by atoms with Gasteiger partial charge in [-0.2, -0.15) is 0 Å². The van der Waals surface area contributed by atoms with Gasteiger partial charge >= 0.3 is 0 Å². The molecule has 1 aromatic carbocycles. The van der Waals surface area contributed by atoms with Crippen LogP contribution in [0.2, 0.25) is 0 Å². The first-order valence-electron chi connectivity index (χ1n) is 8.28. The second-order valence-corrected chi connectivity index (χ2v) is 7.13. The summed E-state index contributed by atoms with van der Waals surface area (Å²) in [5, 5.41) is 3.31. The molecule has 0 radical (unpaired) electrons. The van der Waals surface area contributed by atoms with E-state index in [1.807, 2.05) is 0 Å². The number of benzene rings is 1. The third kappa shape index (κ3) is 3.27. The standard InChI is InChI=1S/C18H22N2O2S/c1-13-12-23-18(19-13)16-11-21-9-7-20(16)6-4-14-2-3-17-15(10-14)5-8-22-17/h2-3,10,12,16H,4-9,11H2,1H3/t16-/m1/s1. The lowest BCUT2D eigenvalue weighted by molar-refractivity contribution is -0.00794. The Hall–Kier alpha value is -1.43. The van der Waals surface area contributed by atoms with Gasteiger partial charge in [0.2, 0.25) is 0 Å². The largest absolute Gasteiger partial charge is 0.493 e. The summed E-state index contributed by atoms with van der Waals surface area (Å²) in [5.74, 6) is 1.07. The number of hydrogen-bond donors (Lipinski definition) is 0. The Bertz CT molecular complexity index is 685. The fourth-order valence-electron chi connectivity index (χ4n) is 3.33. The predicted octanol–water partition coefficient (Wildman–Crippen LogP) is 3.00. The lowest BCUT2D eigenvalue weighted by Crippen LogP contribution is -2.40. The summed E-state index contributed by atoms with van der Waals surface area (Å²) < 4.78 is 11.3. The van der Waals surface area contributed by atoms with Crippen LogP contribution in [0.5, 0.6) is 5.75 Å². The van der Waals surface area contributed by atoms with Gasteiger partial charge in [0.25, 0.3) is 0 Å². The molecule has 2 aromatic rings. The van der Waals surface area contributed by atoms with Crippen molar-refractivity contribution in [1.82, 2.24) is 9.88 Å². The van der Waals surface area contributed by atoms with Crippen LogP contribution in [-0.2, 0) is 17.6 Å². The Morgan fingerprint density at radius 3 is 3.17 bits per heavy atom. The highest BCUT2D eigenvalue weighted by molar-refractivity contribution is 7.09. The van der Waals surface area contributed by atoms with Gasteiger partial charge in [-0.05, 0) is 30.5 Å². The average molecular weight is 330 g/mol. The molecule has 0 aliphatic carbocycles. The van der Waals surface area contributed by atoms with E-state index in [-0.39, 0.29) is 0 Å². The van der Waals surface area contributed by atoms with Crippen LogP contribution in [-0.4, -0.2) is 42.8 Å². The van der Waals surface area contributed by atoms with Crippen molar-refractivity contribution in [2.24, 2.45) is 0 Å². The molecule has 2 aliphatic rings. The molecule has 1 atom stereocenters. The maximum absolute atomic E-state index is 5.70. The molecule has 5 heteroatoms. The summed E-state index contributed by atoms with van der Waals surface area (Å²) in [6.45, 7) is 6.49. The van der Waals surface area contributed by atoms with Crippen molar-refractivity contribution in [2.75, 3.05) is 32.9 Å². The van der Waals surface area contributed by atoms with Crippen LogP contribution in [0, 0.1) is 6.92 Å². The van der Waals surface area contributed by atoms with E-state index in [0.29, 0.717) is 6.04 Å². The fraction of sp³-hybridized carbons (Fsp3) is 0.500. The van der Waals surface area contributed by atoms with E-state index < -0.39 is 0 Å². The second-order valence-electron chi connectivity index (χ2n) is 6.24. The SMILES string of the molecule is Cc1csc([C@H]2COCCN2CCc2ccc3c(c2)CCO3)n1. The molecule has 23 heavy (non-hydrogen) atoms. The predicted molar refractivity (Wildman–Crippen MR) is 91.3 cm³/mol. The summed E-state index contributed by atoms with van der Waals surface area (Å²) >= 11 is 1.75. The summed E-state index contributed by atoms with van der Waals surface area (Å²) in [5.41, 5.74) is 3.86. The van der Waals surface area contributed by atoms with Crippen LogP contribution in [0.3, 0.4) is 0 Å². The van der Waals surface area contributed by atoms with Crippen molar-refractivity contribution >= 4 is 11.3 Å². The first-order valence-corrected chi connectivity index (χ1v) is 9.16. The number of aryl methyl sites for hydroxylation is 1. The van der Waals surface area contributed by atoms with Crippen LogP contribution in [0.25, 0.3) is 0 Å². The zero-order valence-corrected chi connectivity index (χ0v) is 14.3. The molecule has 2 aliphatic heterocycles. The van der Waals surface area contributed by atoms with Crippen molar-refractivity contribution in [3.05, 3.63) is 45.4 Å². The van der Waals surface area contributed by atoms with Gasteiger partial charge in [-0.1, -0.05) is 12.1 Å². The summed E-state index contributed by atoms with van der Waals surface area (Å²) in [6.07, 6.45) is 2.11. The smallest absolute Gasteiger partial charge is 0.122 e. The number of ether oxygens (including phenoxy) is 2. The highest BCUT2D eigenvalue weighted by Crippen LogP contribution is 2.28. The van der Waals surface area contributed by atoms with E-state index in [1.165, 1.54) is 16.1 Å². The normalized spacial score (nSPS) is 21.2. The number of thiazole rings is 1. The number of rotatable bonds is 4. The summed E-state index contributed by atoms with van der Waals surface area (Å²) in [4.78, 5) is 7.19. The van der Waals surface area contributed by atoms with Gasteiger partial charge in [0, 0.05) is 30.6 Å². The minimum absolute atomic E-state index is 0.306. The first kappa shape index (κ1) is 15.1. The zero-order chi connectivity index (χ0) is 15.6. The van der Waals surface area contributed by atoms with Gasteiger partial charge in [0.1, 0.15) is 10.8 Å². The molecule has 0 amide bonds. The lowest BCUT2D eigenvalue weighted by atomic mass is 10.1. The molecule has 1 aromatic heterocycles. The van der Waals surface area contributed by atoms with Crippen molar-refractivity contribution in [1.29, 1.82) is 0 Å². The summed E-state index contributed by atoms with van der Waals surface area (Å²) in [7, 11) is 0. The molecule has 0 bridgehead atoms. The highest BCUT2D eigenvalue weighted by atomic mass is 32.1. The van der Waals surface area contributed by atoms with Crippen LogP contribution >= 0.6 is 11.3 Å². The lowest BCUT2D eigenvalue weighted by Gasteiger charge is -2.34. The quantitative estimate of drug-likeness (QED) is 0.863. The van der Waals surface area contributed by atoms with Crippen LogP contribution in [0.15, 0.2) is 23.6 Å². The van der Waals surface area contributed by atoms with E-state index in [9.17, 15) is 0 Å². The average Bonchev–Trinajstić information content (AvgIpc) is 3.21. The van der Waals surface area contributed by atoms with Crippen molar-refractivity contribution in [3.8, 4) is 5.75 Å². The van der Waals surface area contributed by atoms with Crippen molar-refractivity contribution in [3.63, 3.8) is 0 Å². The van der Waals surface area contributed by atoms with Gasteiger partial charge in [-0.25, -0.2) is 4.98 Å². The number of morpholine rings is 1. The van der Waals surface area contributed by atoms with Gasteiger partial charge in [-0.3, -0.25) is 4.90 Å². The molecule has 0 saturated carbocycles. The Balaban J connectivity index is 1.44. The van der Waals surface area contributed by atoms with Gasteiger partial charge in [-0.15, -0.1) is 11.3 Å². The van der Waals surface area contributed by atoms with E-state index in [2.05, 4.69) is 40.4 Å². The minimum atomic E-state index is 0.306. The van der Waals surface area contributed by atoms with E-state index >= 15 is 0 Å². The van der Waals surface area contributed by atoms with Crippen molar-refractivity contribution < 1.29 is 9.47 Å². The molecule has 1 fully saturated rings. The second kappa shape index (κ2) is 6.59. The molecular formula is C18H22N2O2S. The minimum Gasteiger partial charge on any atom is -0.493 e. The Morgan fingerprint density at radius 1 is 1.35 bits per heavy atom.